The molecule has 0 aliphatic carbocycles. The fourth-order valence-corrected chi connectivity index (χ4v) is 4.29. The molecule has 0 bridgehead atoms. The second-order valence-corrected chi connectivity index (χ2v) is 11.0. The summed E-state index contributed by atoms with van der Waals surface area (Å²) < 4.78 is 99.2. The summed E-state index contributed by atoms with van der Waals surface area (Å²) in [6.07, 6.45) is 0. The fourth-order valence-electron chi connectivity index (χ4n) is 2.47. The highest BCUT2D eigenvalue weighted by Gasteiger charge is 2.17. The molecule has 0 aliphatic rings. The van der Waals surface area contributed by atoms with E-state index >= 15 is 0 Å². The van der Waals surface area contributed by atoms with Crippen LogP contribution in [0.25, 0.3) is 0 Å². The third kappa shape index (κ3) is 8.50. The molecule has 14 nitrogen and oxygen atoms in total. The first kappa shape index (κ1) is 27.4. The van der Waals surface area contributed by atoms with Crippen LogP contribution in [0.4, 0.5) is 17.1 Å². The summed E-state index contributed by atoms with van der Waals surface area (Å²) in [5.74, 6) is -1.06. The Balaban J connectivity index is 2.21. The highest BCUT2D eigenvalue weighted by Crippen LogP contribution is 2.39. The van der Waals surface area contributed by atoms with Crippen LogP contribution in [0.3, 0.4) is 0 Å². The van der Waals surface area contributed by atoms with Crippen LogP contribution in [0.2, 0.25) is 0 Å². The Labute approximate surface area is 196 Å². The van der Waals surface area contributed by atoms with Crippen molar-refractivity contribution < 1.29 is 48.0 Å². The zero-order valence-electron chi connectivity index (χ0n) is 17.8. The normalized spacial score (nSPS) is 12.6. The SMILES string of the molecule is COc1cc(NCS(=O)(=O)O)c(OC)cc1/N=N/c1ccc(S(=O)(=O)CCOS(=O)(=O)O)cc1. The molecule has 0 heterocycles. The summed E-state index contributed by atoms with van der Waals surface area (Å²) in [6, 6.07) is 7.97. The number of hydrogen-bond donors (Lipinski definition) is 3. The summed E-state index contributed by atoms with van der Waals surface area (Å²) >= 11 is 0. The van der Waals surface area contributed by atoms with Gasteiger partial charge in [0.1, 0.15) is 23.1 Å². The molecule has 188 valence electrons. The number of sulfone groups is 1. The van der Waals surface area contributed by atoms with Crippen molar-refractivity contribution in [2.24, 2.45) is 10.2 Å². The van der Waals surface area contributed by atoms with Crippen LogP contribution in [0.1, 0.15) is 0 Å². The Morgan fingerprint density at radius 1 is 0.882 bits per heavy atom. The van der Waals surface area contributed by atoms with Crippen molar-refractivity contribution in [2.45, 2.75) is 4.90 Å². The minimum absolute atomic E-state index is 0.126. The highest BCUT2D eigenvalue weighted by molar-refractivity contribution is 7.91. The van der Waals surface area contributed by atoms with Gasteiger partial charge in [-0.3, -0.25) is 9.11 Å². The van der Waals surface area contributed by atoms with Crippen molar-refractivity contribution in [3.8, 4) is 11.5 Å². The molecule has 0 radical (unpaired) electrons. The highest BCUT2D eigenvalue weighted by atomic mass is 32.3. The molecule has 2 rings (SSSR count). The number of methoxy groups -OCH3 is 2. The number of anilines is 1. The van der Waals surface area contributed by atoms with E-state index in [1.54, 1.807) is 0 Å². The van der Waals surface area contributed by atoms with Gasteiger partial charge < -0.3 is 14.8 Å². The molecule has 0 fully saturated rings. The van der Waals surface area contributed by atoms with Crippen LogP contribution >= 0.6 is 0 Å². The molecule has 2 aromatic rings. The van der Waals surface area contributed by atoms with Gasteiger partial charge in [0.05, 0.1) is 42.8 Å². The molecule has 0 aliphatic heterocycles. The van der Waals surface area contributed by atoms with Crippen molar-refractivity contribution in [2.75, 3.05) is 37.8 Å². The zero-order valence-corrected chi connectivity index (χ0v) is 20.2. The van der Waals surface area contributed by atoms with Gasteiger partial charge >= 0.3 is 10.4 Å². The van der Waals surface area contributed by atoms with Crippen LogP contribution in [0.5, 0.6) is 11.5 Å². The van der Waals surface area contributed by atoms with Gasteiger partial charge in [0.25, 0.3) is 10.1 Å². The van der Waals surface area contributed by atoms with Crippen molar-refractivity contribution in [3.63, 3.8) is 0 Å². The number of ether oxygens (including phenoxy) is 2. The number of nitrogens with one attached hydrogen (secondary N) is 1. The summed E-state index contributed by atoms with van der Waals surface area (Å²) in [6.45, 7) is -0.751. The van der Waals surface area contributed by atoms with Gasteiger partial charge in [0.2, 0.25) is 0 Å². The predicted octanol–water partition coefficient (Wildman–Crippen LogP) is 1.97. The minimum Gasteiger partial charge on any atom is -0.495 e. The third-order valence-electron chi connectivity index (χ3n) is 4.00. The first-order chi connectivity index (χ1) is 15.7. The summed E-state index contributed by atoms with van der Waals surface area (Å²) in [5.41, 5.74) is 0.682. The summed E-state index contributed by atoms with van der Waals surface area (Å²) in [4.78, 5) is -0.126. The van der Waals surface area contributed by atoms with E-state index < -0.39 is 48.6 Å². The van der Waals surface area contributed by atoms with Gasteiger partial charge in [0.15, 0.2) is 9.84 Å². The quantitative estimate of drug-likeness (QED) is 0.261. The molecule has 2 aromatic carbocycles. The first-order valence-electron chi connectivity index (χ1n) is 9.05. The summed E-state index contributed by atoms with van der Waals surface area (Å²) in [7, 11) is -10.2. The Hall–Kier alpha value is -2.83. The number of nitrogens with zero attached hydrogens (tertiary/aromatic N) is 2. The average molecular weight is 540 g/mol. The molecular weight excluding hydrogens is 518 g/mol. The van der Waals surface area contributed by atoms with E-state index in [0.29, 0.717) is 0 Å². The fraction of sp³-hybridized carbons (Fsp3) is 0.294. The molecule has 0 amide bonds. The number of benzene rings is 2. The molecule has 0 aromatic heterocycles. The van der Waals surface area contributed by atoms with Crippen LogP contribution in [0, 0.1) is 0 Å². The monoisotopic (exact) mass is 539 g/mol. The zero-order chi connectivity index (χ0) is 25.6. The number of rotatable bonds is 12. The lowest BCUT2D eigenvalue weighted by Gasteiger charge is -2.13. The summed E-state index contributed by atoms with van der Waals surface area (Å²) in [5, 5.41) is 10.5. The maximum Gasteiger partial charge on any atom is 0.397 e. The standard InChI is InChI=1S/C17H21N3O11S3/c1-29-16-10-15(17(30-2)9-14(16)18-11-33(23,24)25)20-19-12-3-5-13(6-4-12)32(21,22)8-7-31-34(26,27)28/h3-6,9-10,18H,7-8,11H2,1-2H3,(H,23,24,25)(H,26,27,28)/b20-19+. The van der Waals surface area contributed by atoms with Crippen molar-refractivity contribution in [1.29, 1.82) is 0 Å². The molecule has 0 spiro atoms. The smallest absolute Gasteiger partial charge is 0.397 e. The van der Waals surface area contributed by atoms with E-state index in [-0.39, 0.29) is 33.5 Å². The van der Waals surface area contributed by atoms with E-state index in [1.165, 1.54) is 50.6 Å². The van der Waals surface area contributed by atoms with E-state index in [1.807, 2.05) is 0 Å². The average Bonchev–Trinajstić information content (AvgIpc) is 2.74. The van der Waals surface area contributed by atoms with Gasteiger partial charge in [0, 0.05) is 12.1 Å². The largest absolute Gasteiger partial charge is 0.495 e. The topological polar surface area (TPSA) is 207 Å². The Morgan fingerprint density at radius 2 is 1.50 bits per heavy atom. The van der Waals surface area contributed by atoms with Crippen LogP contribution in [-0.4, -0.2) is 66.8 Å². The second kappa shape index (κ2) is 11.1. The van der Waals surface area contributed by atoms with Crippen LogP contribution in [0.15, 0.2) is 51.5 Å². The molecule has 34 heavy (non-hydrogen) atoms. The Bertz CT molecular complexity index is 1360. The Kier molecular flexibility index (Phi) is 8.92. The third-order valence-corrected chi connectivity index (χ3v) is 6.67. The molecule has 0 saturated carbocycles. The van der Waals surface area contributed by atoms with Gasteiger partial charge in [-0.1, -0.05) is 0 Å². The molecule has 17 heteroatoms. The molecule has 0 saturated heterocycles. The Morgan fingerprint density at radius 3 is 2.03 bits per heavy atom. The van der Waals surface area contributed by atoms with Crippen LogP contribution < -0.4 is 14.8 Å². The van der Waals surface area contributed by atoms with Gasteiger partial charge in [-0.15, -0.1) is 5.11 Å². The lowest BCUT2D eigenvalue weighted by atomic mass is 10.2. The van der Waals surface area contributed by atoms with Gasteiger partial charge in [-0.25, -0.2) is 12.6 Å². The van der Waals surface area contributed by atoms with Gasteiger partial charge in [-0.05, 0) is 24.3 Å². The molecule has 3 N–H and O–H groups in total. The number of hydrogen-bond acceptors (Lipinski definition) is 12. The van der Waals surface area contributed by atoms with Crippen molar-refractivity contribution in [3.05, 3.63) is 36.4 Å². The van der Waals surface area contributed by atoms with E-state index in [2.05, 4.69) is 19.7 Å². The lowest BCUT2D eigenvalue weighted by molar-refractivity contribution is 0.284. The van der Waals surface area contributed by atoms with E-state index in [9.17, 15) is 25.3 Å². The van der Waals surface area contributed by atoms with Crippen molar-refractivity contribution in [1.82, 2.24) is 0 Å². The van der Waals surface area contributed by atoms with Crippen LogP contribution in [-0.2, 0) is 34.5 Å². The van der Waals surface area contributed by atoms with E-state index in [4.69, 9.17) is 18.6 Å². The molecule has 0 unspecified atom stereocenters. The molecule has 0 atom stereocenters. The maximum atomic E-state index is 12.2. The second-order valence-electron chi connectivity index (χ2n) is 6.39. The van der Waals surface area contributed by atoms with E-state index in [0.717, 1.165) is 0 Å². The minimum atomic E-state index is -4.75. The van der Waals surface area contributed by atoms with Gasteiger partial charge in [-0.2, -0.15) is 21.9 Å². The lowest BCUT2D eigenvalue weighted by Crippen LogP contribution is -2.15. The number of azo groups is 1. The predicted molar refractivity (Wildman–Crippen MR) is 120 cm³/mol. The molecular formula is C17H21N3O11S3. The van der Waals surface area contributed by atoms with Crippen molar-refractivity contribution >= 4 is 47.4 Å². The first-order valence-corrected chi connectivity index (χ1v) is 13.7. The maximum absolute atomic E-state index is 12.2.